The van der Waals surface area contributed by atoms with E-state index in [0.29, 0.717) is 31.0 Å². The van der Waals surface area contributed by atoms with Gasteiger partial charge in [-0.25, -0.2) is 0 Å². The van der Waals surface area contributed by atoms with E-state index < -0.39 is 0 Å². The van der Waals surface area contributed by atoms with E-state index in [2.05, 4.69) is 5.32 Å². The molecule has 2 rings (SSSR count). The minimum atomic E-state index is -0.151. The smallest absolute Gasteiger partial charge is 0.251 e. The molecule has 0 saturated heterocycles. The van der Waals surface area contributed by atoms with E-state index in [9.17, 15) is 4.79 Å². The molecule has 100 valence electrons. The largest absolute Gasteiger partial charge is 0.492 e. The van der Waals surface area contributed by atoms with Gasteiger partial charge in [0.15, 0.2) is 0 Å². The Hall–Kier alpha value is -2.27. The summed E-state index contributed by atoms with van der Waals surface area (Å²) in [5.41, 5.74) is 5.92. The Morgan fingerprint density at radius 2 is 2.05 bits per heavy atom. The number of nitrogens with two attached hydrogens (primary N) is 1. The fourth-order valence-electron chi connectivity index (χ4n) is 1.56. The first-order valence-corrected chi connectivity index (χ1v) is 6.03. The van der Waals surface area contributed by atoms with Gasteiger partial charge in [-0.2, -0.15) is 0 Å². The summed E-state index contributed by atoms with van der Waals surface area (Å²) in [6, 6.07) is 10.5. The second-order valence-corrected chi connectivity index (χ2v) is 3.92. The number of benzene rings is 1. The van der Waals surface area contributed by atoms with Gasteiger partial charge in [0.2, 0.25) is 0 Å². The molecule has 19 heavy (non-hydrogen) atoms. The van der Waals surface area contributed by atoms with Crippen LogP contribution in [0.3, 0.4) is 0 Å². The van der Waals surface area contributed by atoms with Gasteiger partial charge >= 0.3 is 0 Å². The Kier molecular flexibility index (Phi) is 4.58. The molecule has 3 N–H and O–H groups in total. The molecule has 0 aliphatic rings. The maximum Gasteiger partial charge on any atom is 0.251 e. The van der Waals surface area contributed by atoms with Crippen LogP contribution in [0.2, 0.25) is 0 Å². The van der Waals surface area contributed by atoms with Crippen molar-refractivity contribution in [2.24, 2.45) is 5.73 Å². The highest BCUT2D eigenvalue weighted by molar-refractivity contribution is 5.94. The van der Waals surface area contributed by atoms with E-state index in [4.69, 9.17) is 14.9 Å². The number of amides is 1. The van der Waals surface area contributed by atoms with Crippen LogP contribution >= 0.6 is 0 Å². The summed E-state index contributed by atoms with van der Waals surface area (Å²) in [6.45, 7) is 1.30. The monoisotopic (exact) mass is 260 g/mol. The molecule has 0 unspecified atom stereocenters. The number of ether oxygens (including phenoxy) is 1. The minimum absolute atomic E-state index is 0.151. The summed E-state index contributed by atoms with van der Waals surface area (Å²) in [4.78, 5) is 11.9. The topological polar surface area (TPSA) is 77.5 Å². The van der Waals surface area contributed by atoms with Crippen LogP contribution in [0.5, 0.6) is 5.75 Å². The number of rotatable bonds is 6. The molecule has 5 nitrogen and oxygen atoms in total. The molecule has 0 bridgehead atoms. The van der Waals surface area contributed by atoms with Crippen molar-refractivity contribution in [2.75, 3.05) is 13.2 Å². The predicted octanol–water partition coefficient (Wildman–Crippen LogP) is 1.55. The van der Waals surface area contributed by atoms with Crippen LogP contribution < -0.4 is 15.8 Å². The van der Waals surface area contributed by atoms with Crippen molar-refractivity contribution in [1.82, 2.24) is 5.32 Å². The van der Waals surface area contributed by atoms with Gasteiger partial charge in [0.05, 0.1) is 12.8 Å². The first kappa shape index (κ1) is 13.2. The quantitative estimate of drug-likeness (QED) is 0.826. The van der Waals surface area contributed by atoms with Crippen molar-refractivity contribution >= 4 is 5.91 Å². The summed E-state index contributed by atoms with van der Waals surface area (Å²) < 4.78 is 10.5. The van der Waals surface area contributed by atoms with Gasteiger partial charge < -0.3 is 20.2 Å². The molecular formula is C14H16N2O3. The molecule has 0 saturated carbocycles. The average molecular weight is 260 g/mol. The van der Waals surface area contributed by atoms with Crippen molar-refractivity contribution in [3.8, 4) is 5.75 Å². The molecule has 0 aliphatic carbocycles. The predicted molar refractivity (Wildman–Crippen MR) is 70.9 cm³/mol. The molecule has 0 aliphatic heterocycles. The van der Waals surface area contributed by atoms with Crippen molar-refractivity contribution in [1.29, 1.82) is 0 Å². The maximum atomic E-state index is 11.9. The summed E-state index contributed by atoms with van der Waals surface area (Å²) >= 11 is 0. The molecule has 0 fully saturated rings. The van der Waals surface area contributed by atoms with Crippen LogP contribution in [-0.2, 0) is 6.54 Å². The van der Waals surface area contributed by atoms with E-state index in [1.54, 1.807) is 36.6 Å². The lowest BCUT2D eigenvalue weighted by Gasteiger charge is -2.06. The maximum absolute atomic E-state index is 11.9. The molecule has 1 amide bonds. The Bertz CT molecular complexity index is 506. The first-order valence-electron chi connectivity index (χ1n) is 6.03. The number of nitrogens with one attached hydrogen (secondary N) is 1. The second-order valence-electron chi connectivity index (χ2n) is 3.92. The highest BCUT2D eigenvalue weighted by Gasteiger charge is 2.06. The van der Waals surface area contributed by atoms with E-state index in [1.807, 2.05) is 6.07 Å². The molecule has 0 atom stereocenters. The van der Waals surface area contributed by atoms with Crippen molar-refractivity contribution in [2.45, 2.75) is 6.54 Å². The second kappa shape index (κ2) is 6.61. The van der Waals surface area contributed by atoms with Crippen molar-refractivity contribution in [3.05, 3.63) is 54.0 Å². The van der Waals surface area contributed by atoms with Gasteiger partial charge in [-0.15, -0.1) is 0 Å². The first-order chi connectivity index (χ1) is 9.29. The molecule has 1 heterocycles. The average Bonchev–Trinajstić information content (AvgIpc) is 2.96. The molecule has 0 radical (unpaired) electrons. The van der Waals surface area contributed by atoms with Crippen LogP contribution in [0.25, 0.3) is 0 Å². The van der Waals surface area contributed by atoms with Crippen LogP contribution in [0.1, 0.15) is 16.1 Å². The summed E-state index contributed by atoms with van der Waals surface area (Å²) in [5.74, 6) is 1.27. The van der Waals surface area contributed by atoms with Gasteiger partial charge in [0.25, 0.3) is 5.91 Å². The Morgan fingerprint density at radius 1 is 1.26 bits per heavy atom. The molecule has 0 spiro atoms. The number of carbonyl (C=O) groups is 1. The molecule has 5 heteroatoms. The standard InChI is InChI=1S/C14H16N2O3/c15-7-9-19-12-5-3-11(4-6-12)14(17)16-10-13-2-1-8-18-13/h1-6,8H,7,9-10,15H2,(H,16,17). The van der Waals surface area contributed by atoms with Crippen molar-refractivity contribution < 1.29 is 13.9 Å². The Morgan fingerprint density at radius 3 is 2.68 bits per heavy atom. The fraction of sp³-hybridized carbons (Fsp3) is 0.214. The third-order valence-electron chi connectivity index (χ3n) is 2.51. The lowest BCUT2D eigenvalue weighted by molar-refractivity contribution is 0.0948. The van der Waals surface area contributed by atoms with Crippen LogP contribution in [-0.4, -0.2) is 19.1 Å². The highest BCUT2D eigenvalue weighted by atomic mass is 16.5. The van der Waals surface area contributed by atoms with Crippen LogP contribution in [0.4, 0.5) is 0 Å². The molecular weight excluding hydrogens is 244 g/mol. The van der Waals surface area contributed by atoms with Gasteiger partial charge in [-0.1, -0.05) is 0 Å². The Balaban J connectivity index is 1.88. The third kappa shape index (κ3) is 3.86. The Labute approximate surface area is 111 Å². The van der Waals surface area contributed by atoms with E-state index in [1.165, 1.54) is 0 Å². The molecule has 2 aromatic rings. The summed E-state index contributed by atoms with van der Waals surface area (Å²) in [6.07, 6.45) is 1.57. The number of furan rings is 1. The van der Waals surface area contributed by atoms with Crippen molar-refractivity contribution in [3.63, 3.8) is 0 Å². The minimum Gasteiger partial charge on any atom is -0.492 e. The highest BCUT2D eigenvalue weighted by Crippen LogP contribution is 2.12. The lowest BCUT2D eigenvalue weighted by Crippen LogP contribution is -2.22. The van der Waals surface area contributed by atoms with Gasteiger partial charge in [-0.3, -0.25) is 4.79 Å². The summed E-state index contributed by atoms with van der Waals surface area (Å²) in [5, 5.41) is 2.77. The van der Waals surface area contributed by atoms with E-state index in [-0.39, 0.29) is 5.91 Å². The fourth-order valence-corrected chi connectivity index (χ4v) is 1.56. The molecule has 1 aromatic carbocycles. The molecule has 1 aromatic heterocycles. The zero-order chi connectivity index (χ0) is 13.5. The van der Waals surface area contributed by atoms with Crippen LogP contribution in [0.15, 0.2) is 47.1 Å². The number of carbonyl (C=O) groups excluding carboxylic acids is 1. The lowest BCUT2D eigenvalue weighted by atomic mass is 10.2. The van der Waals surface area contributed by atoms with E-state index >= 15 is 0 Å². The van der Waals surface area contributed by atoms with Crippen LogP contribution in [0, 0.1) is 0 Å². The SMILES string of the molecule is NCCOc1ccc(C(=O)NCc2ccco2)cc1. The number of hydrogen-bond donors (Lipinski definition) is 2. The van der Waals surface area contributed by atoms with Gasteiger partial charge in [-0.05, 0) is 36.4 Å². The van der Waals surface area contributed by atoms with Gasteiger partial charge in [0, 0.05) is 12.1 Å². The zero-order valence-corrected chi connectivity index (χ0v) is 10.5. The third-order valence-corrected chi connectivity index (χ3v) is 2.51. The normalized spacial score (nSPS) is 10.2. The zero-order valence-electron chi connectivity index (χ0n) is 10.5. The number of hydrogen-bond acceptors (Lipinski definition) is 4. The van der Waals surface area contributed by atoms with E-state index in [0.717, 1.165) is 5.76 Å². The summed E-state index contributed by atoms with van der Waals surface area (Å²) in [7, 11) is 0. The van der Waals surface area contributed by atoms with Gasteiger partial charge in [0.1, 0.15) is 18.1 Å².